The molecule has 2 amide bonds. The van der Waals surface area contributed by atoms with Gasteiger partial charge in [-0.3, -0.25) is 9.59 Å². The Morgan fingerprint density at radius 2 is 1.86 bits per heavy atom. The van der Waals surface area contributed by atoms with Crippen LogP contribution in [0.5, 0.6) is 11.5 Å². The van der Waals surface area contributed by atoms with E-state index in [2.05, 4.69) is 4.98 Å². The Hall–Kier alpha value is -2.68. The SMILES string of the molecule is Cn1ccnc1SCC(=O)N1CCN(C(=O)C2COc3ccccc3O2)CC1. The molecule has 2 aliphatic rings. The first kappa shape index (κ1) is 18.7. The van der Waals surface area contributed by atoms with Crippen molar-refractivity contribution in [1.82, 2.24) is 19.4 Å². The molecule has 148 valence electrons. The Kier molecular flexibility index (Phi) is 5.43. The second-order valence-electron chi connectivity index (χ2n) is 6.68. The van der Waals surface area contributed by atoms with Crippen LogP contribution >= 0.6 is 11.8 Å². The minimum atomic E-state index is -0.642. The van der Waals surface area contributed by atoms with Gasteiger partial charge in [0.2, 0.25) is 12.0 Å². The molecule has 1 aromatic carbocycles. The number of hydrogen-bond acceptors (Lipinski definition) is 6. The number of aryl methyl sites for hydroxylation is 1. The molecular weight excluding hydrogens is 380 g/mol. The fourth-order valence-electron chi connectivity index (χ4n) is 3.23. The van der Waals surface area contributed by atoms with E-state index in [-0.39, 0.29) is 18.4 Å². The number of rotatable bonds is 4. The lowest BCUT2D eigenvalue weighted by Gasteiger charge is -2.37. The minimum Gasteiger partial charge on any atom is -0.485 e. The fraction of sp³-hybridized carbons (Fsp3) is 0.421. The molecule has 8 nitrogen and oxygen atoms in total. The van der Waals surface area contributed by atoms with Crippen molar-refractivity contribution in [2.45, 2.75) is 11.3 Å². The Balaban J connectivity index is 1.26. The number of nitrogens with zero attached hydrogens (tertiary/aromatic N) is 4. The van der Waals surface area contributed by atoms with Gasteiger partial charge in [-0.25, -0.2) is 4.98 Å². The molecule has 9 heteroatoms. The lowest BCUT2D eigenvalue weighted by molar-refractivity contribution is -0.145. The molecule has 0 N–H and O–H groups in total. The summed E-state index contributed by atoms with van der Waals surface area (Å²) >= 11 is 1.42. The second-order valence-corrected chi connectivity index (χ2v) is 7.62. The number of aromatic nitrogens is 2. The summed E-state index contributed by atoms with van der Waals surface area (Å²) in [6.07, 6.45) is 2.93. The monoisotopic (exact) mass is 402 g/mol. The number of para-hydroxylation sites is 2. The molecule has 28 heavy (non-hydrogen) atoms. The molecule has 4 rings (SSSR count). The highest BCUT2D eigenvalue weighted by Gasteiger charge is 2.33. The third kappa shape index (κ3) is 3.94. The van der Waals surface area contributed by atoms with Gasteiger partial charge in [-0.05, 0) is 12.1 Å². The van der Waals surface area contributed by atoms with Crippen LogP contribution < -0.4 is 9.47 Å². The standard InChI is InChI=1S/C19H22N4O4S/c1-21-7-6-20-19(21)28-13-17(24)22-8-10-23(11-9-22)18(25)16-12-26-14-4-2-3-5-15(14)27-16/h2-7,16H,8-13H2,1H3. The molecule has 0 saturated carbocycles. The fourth-order valence-corrected chi connectivity index (χ4v) is 4.06. The van der Waals surface area contributed by atoms with E-state index in [9.17, 15) is 9.59 Å². The van der Waals surface area contributed by atoms with Gasteiger partial charge in [0.15, 0.2) is 16.7 Å². The van der Waals surface area contributed by atoms with Crippen LogP contribution in [0, 0.1) is 0 Å². The van der Waals surface area contributed by atoms with E-state index in [4.69, 9.17) is 9.47 Å². The van der Waals surface area contributed by atoms with Crippen molar-refractivity contribution in [3.05, 3.63) is 36.7 Å². The summed E-state index contributed by atoms with van der Waals surface area (Å²) in [5, 5.41) is 0.817. The van der Waals surface area contributed by atoms with Crippen LogP contribution in [0.25, 0.3) is 0 Å². The molecular formula is C19H22N4O4S. The smallest absolute Gasteiger partial charge is 0.267 e. The predicted octanol–water partition coefficient (Wildman–Crippen LogP) is 1.02. The Labute approximate surface area is 167 Å². The van der Waals surface area contributed by atoms with Gasteiger partial charge in [0.1, 0.15) is 6.61 Å². The number of carbonyl (C=O) groups excluding carboxylic acids is 2. The highest BCUT2D eigenvalue weighted by atomic mass is 32.2. The number of piperazine rings is 1. The van der Waals surface area contributed by atoms with Crippen LogP contribution in [0.15, 0.2) is 41.8 Å². The summed E-state index contributed by atoms with van der Waals surface area (Å²) in [6, 6.07) is 7.34. The highest BCUT2D eigenvalue weighted by molar-refractivity contribution is 7.99. The molecule has 1 saturated heterocycles. The normalized spacial score (nSPS) is 18.8. The van der Waals surface area contributed by atoms with Crippen LogP contribution in [-0.4, -0.2) is 75.8 Å². The average molecular weight is 402 g/mol. The zero-order valence-electron chi connectivity index (χ0n) is 15.6. The van der Waals surface area contributed by atoms with Gasteiger partial charge in [0, 0.05) is 45.6 Å². The van der Waals surface area contributed by atoms with E-state index >= 15 is 0 Å². The summed E-state index contributed by atoms with van der Waals surface area (Å²) in [5.41, 5.74) is 0. The van der Waals surface area contributed by atoms with Gasteiger partial charge in [-0.1, -0.05) is 23.9 Å². The number of thioether (sulfide) groups is 1. The molecule has 1 atom stereocenters. The van der Waals surface area contributed by atoms with E-state index in [1.54, 1.807) is 22.1 Å². The number of imidazole rings is 1. The van der Waals surface area contributed by atoms with Crippen molar-refractivity contribution in [2.75, 3.05) is 38.5 Å². The van der Waals surface area contributed by atoms with E-state index in [1.807, 2.05) is 36.0 Å². The quantitative estimate of drug-likeness (QED) is 0.711. The van der Waals surface area contributed by atoms with Crippen molar-refractivity contribution in [3.8, 4) is 11.5 Å². The van der Waals surface area contributed by atoms with Crippen molar-refractivity contribution in [2.24, 2.45) is 7.05 Å². The Bertz CT molecular complexity index is 863. The lowest BCUT2D eigenvalue weighted by atomic mass is 10.2. The number of carbonyl (C=O) groups is 2. The third-order valence-electron chi connectivity index (χ3n) is 4.83. The molecule has 3 heterocycles. The number of ether oxygens (including phenoxy) is 2. The summed E-state index contributed by atoms with van der Waals surface area (Å²) in [6.45, 7) is 2.25. The largest absolute Gasteiger partial charge is 0.485 e. The number of fused-ring (bicyclic) bond motifs is 1. The lowest BCUT2D eigenvalue weighted by Crippen LogP contribution is -2.55. The van der Waals surface area contributed by atoms with Gasteiger partial charge in [0.05, 0.1) is 5.75 Å². The van der Waals surface area contributed by atoms with Crippen molar-refractivity contribution < 1.29 is 19.1 Å². The molecule has 0 bridgehead atoms. The maximum atomic E-state index is 12.8. The summed E-state index contributed by atoms with van der Waals surface area (Å²) < 4.78 is 13.3. The minimum absolute atomic E-state index is 0.0614. The van der Waals surface area contributed by atoms with E-state index < -0.39 is 6.10 Å². The van der Waals surface area contributed by atoms with Crippen LogP contribution in [0.4, 0.5) is 0 Å². The summed E-state index contributed by atoms with van der Waals surface area (Å²) in [5.74, 6) is 1.56. The molecule has 1 unspecified atom stereocenters. The van der Waals surface area contributed by atoms with Crippen LogP contribution in [-0.2, 0) is 16.6 Å². The van der Waals surface area contributed by atoms with Gasteiger partial charge < -0.3 is 23.8 Å². The number of amides is 2. The van der Waals surface area contributed by atoms with E-state index in [0.717, 1.165) is 5.16 Å². The van der Waals surface area contributed by atoms with Crippen molar-refractivity contribution in [3.63, 3.8) is 0 Å². The van der Waals surface area contributed by atoms with Crippen molar-refractivity contribution in [1.29, 1.82) is 0 Å². The maximum Gasteiger partial charge on any atom is 0.267 e. The average Bonchev–Trinajstić information content (AvgIpc) is 3.16. The molecule has 2 aromatic rings. The van der Waals surface area contributed by atoms with Crippen LogP contribution in [0.2, 0.25) is 0 Å². The molecule has 0 aliphatic carbocycles. The predicted molar refractivity (Wildman–Crippen MR) is 103 cm³/mol. The molecule has 0 spiro atoms. The Morgan fingerprint density at radius 1 is 1.14 bits per heavy atom. The zero-order valence-corrected chi connectivity index (χ0v) is 16.4. The van der Waals surface area contributed by atoms with Gasteiger partial charge in [0.25, 0.3) is 5.91 Å². The van der Waals surface area contributed by atoms with E-state index in [0.29, 0.717) is 43.4 Å². The third-order valence-corrected chi connectivity index (χ3v) is 5.87. The topological polar surface area (TPSA) is 76.9 Å². The number of benzene rings is 1. The first-order chi connectivity index (χ1) is 13.6. The summed E-state index contributed by atoms with van der Waals surface area (Å²) in [4.78, 5) is 33.0. The van der Waals surface area contributed by atoms with Crippen LogP contribution in [0.3, 0.4) is 0 Å². The van der Waals surface area contributed by atoms with Gasteiger partial charge in [-0.15, -0.1) is 0 Å². The Morgan fingerprint density at radius 3 is 2.57 bits per heavy atom. The maximum absolute atomic E-state index is 12.8. The van der Waals surface area contributed by atoms with Gasteiger partial charge >= 0.3 is 0 Å². The van der Waals surface area contributed by atoms with Crippen LogP contribution in [0.1, 0.15) is 0 Å². The first-order valence-corrected chi connectivity index (χ1v) is 10.2. The summed E-state index contributed by atoms with van der Waals surface area (Å²) in [7, 11) is 1.90. The van der Waals surface area contributed by atoms with Crippen molar-refractivity contribution >= 4 is 23.6 Å². The molecule has 1 fully saturated rings. The molecule has 0 radical (unpaired) electrons. The van der Waals surface area contributed by atoms with E-state index in [1.165, 1.54) is 11.8 Å². The highest BCUT2D eigenvalue weighted by Crippen LogP contribution is 2.31. The second kappa shape index (κ2) is 8.14. The number of hydrogen-bond donors (Lipinski definition) is 0. The molecule has 2 aliphatic heterocycles. The van der Waals surface area contributed by atoms with Gasteiger partial charge in [-0.2, -0.15) is 0 Å². The molecule has 1 aromatic heterocycles. The first-order valence-electron chi connectivity index (χ1n) is 9.17. The zero-order chi connectivity index (χ0) is 19.5.